The van der Waals surface area contributed by atoms with E-state index in [9.17, 15) is 9.59 Å². The van der Waals surface area contributed by atoms with Gasteiger partial charge in [0.2, 0.25) is 12.8 Å². The minimum Gasteiger partial charge on any atom is -0.410 e. The van der Waals surface area contributed by atoms with Gasteiger partial charge in [0.1, 0.15) is 74.1 Å². The summed E-state index contributed by atoms with van der Waals surface area (Å²) in [6.45, 7) is 0. The van der Waals surface area contributed by atoms with Crippen molar-refractivity contribution in [2.45, 2.75) is 0 Å². The molecule has 2 heterocycles. The molecule has 612 valence electrons. The van der Waals surface area contributed by atoms with Crippen molar-refractivity contribution in [3.05, 3.63) is 388 Å². The predicted octanol–water partition coefficient (Wildman–Crippen LogP) is 8.22. The number of hydrogen-bond donors (Lipinski definition) is 0. The van der Waals surface area contributed by atoms with E-state index in [2.05, 4.69) is 263 Å². The minimum absolute atomic E-state index is 0. The second kappa shape index (κ2) is 56.6. The topological polar surface area (TPSA) is 324 Å². The zero-order valence-corrected chi connectivity index (χ0v) is 74.5. The van der Waals surface area contributed by atoms with E-state index in [4.69, 9.17) is 48.7 Å². The van der Waals surface area contributed by atoms with Crippen LogP contribution < -0.4 is 79.7 Å². The molecule has 18 nitrogen and oxygen atoms in total. The SMILES string of the molecule is CN(C)C=O.CN(C)C=O.[Ag+].[Ag+].[Ag+].[Ag+].[NH-]c1nc(-c2ccccc2)cc(-c2ccccc2)n1.[NH-]c1nc(-c2ccccc2)cc(-c2ccccc2)n1.[O-][Cl+3]([O-])([O-])[O-].[O-][Cl+3]([O-])([O-])[O-].c1ccc([PH+](C[PH+](c2ccccc2)c2ccccc2)c2ccccc2)cc1.c1ccc([PH+](C[PH+](c2ccccc2)c2ccccc2)c2ccccc2)cc1. The third-order valence-electron chi connectivity index (χ3n) is 15.8. The van der Waals surface area contributed by atoms with Gasteiger partial charge >= 0.3 is 89.5 Å². The minimum atomic E-state index is -4.94. The third kappa shape index (κ3) is 39.7. The van der Waals surface area contributed by atoms with E-state index in [1.807, 2.05) is 133 Å². The Balaban J connectivity index is 0.000000369. The second-order valence-corrected chi connectivity index (χ2v) is 37.3. The molecule has 0 radical (unpaired) electrons. The molecule has 2 amide bonds. The number of benzene rings is 12. The van der Waals surface area contributed by atoms with Gasteiger partial charge in [0.05, 0.1) is 0 Å². The molecule has 14 aromatic rings. The summed E-state index contributed by atoms with van der Waals surface area (Å²) in [5, 5.41) is 12.0. The van der Waals surface area contributed by atoms with Crippen LogP contribution >= 0.6 is 31.7 Å². The molecule has 2 N–H and O–H groups in total. The first-order valence-electron chi connectivity index (χ1n) is 34.8. The molecule has 0 bridgehead atoms. The normalized spacial score (nSPS) is 10.1. The molecule has 0 saturated heterocycles. The number of aromatic nitrogens is 4. The number of halogens is 2. The maximum atomic E-state index is 9.43. The molecule has 0 aliphatic carbocycles. The summed E-state index contributed by atoms with van der Waals surface area (Å²) in [6, 6.07) is 132. The van der Waals surface area contributed by atoms with Gasteiger partial charge in [-0.3, -0.25) is 9.59 Å². The van der Waals surface area contributed by atoms with Gasteiger partial charge in [0.25, 0.3) is 0 Å². The summed E-state index contributed by atoms with van der Waals surface area (Å²) in [5.41, 5.74) is 22.6. The number of amides is 2. The van der Waals surface area contributed by atoms with Gasteiger partial charge in [-0.15, -0.1) is 20.5 Å². The predicted molar refractivity (Wildman–Crippen MR) is 445 cm³/mol. The molecule has 0 aliphatic rings. The van der Waals surface area contributed by atoms with Crippen molar-refractivity contribution in [2.75, 3.05) is 40.0 Å². The number of hydrogen-bond acceptors (Lipinski definition) is 14. The van der Waals surface area contributed by atoms with Crippen LogP contribution in [0.25, 0.3) is 56.5 Å². The van der Waals surface area contributed by atoms with Crippen molar-refractivity contribution in [1.29, 1.82) is 0 Å². The summed E-state index contributed by atoms with van der Waals surface area (Å²) in [6.07, 6.45) is 1.50. The van der Waals surface area contributed by atoms with Gasteiger partial charge in [0, 0.05) is 62.9 Å². The fourth-order valence-electron chi connectivity index (χ4n) is 10.9. The molecule has 0 atom stereocenters. The molecule has 0 spiro atoms. The van der Waals surface area contributed by atoms with Crippen LogP contribution in [-0.2, 0) is 99.1 Å². The van der Waals surface area contributed by atoms with Crippen LogP contribution in [-0.4, -0.2) is 82.6 Å². The summed E-state index contributed by atoms with van der Waals surface area (Å²) in [7, 11) is -6.53. The number of nitrogens with one attached hydrogen (secondary N) is 2. The zero-order valence-electron chi connectivity index (χ0n) is 63.1. The molecule has 0 unspecified atom stereocenters. The van der Waals surface area contributed by atoms with E-state index < -0.39 is 52.2 Å². The van der Waals surface area contributed by atoms with Crippen molar-refractivity contribution in [3.63, 3.8) is 0 Å². The van der Waals surface area contributed by atoms with Crippen LogP contribution in [0.15, 0.2) is 376 Å². The third-order valence-corrected chi connectivity index (χ3v) is 29.7. The summed E-state index contributed by atoms with van der Waals surface area (Å²) in [5.74, 6) is 2.58. The number of rotatable bonds is 18. The number of nitrogens with zero attached hydrogens (tertiary/aromatic N) is 6. The molecule has 116 heavy (non-hydrogen) atoms. The molecule has 14 rings (SSSR count). The standard InChI is InChI=1S/2C25H22P2.2C16H12N3.2C3H7NO.4Ag.2ClHO4/c2*1-5-13-22(14-6-1)26(23-15-7-2-8-16-23)21-27(24-17-9-3-10-18-24)25-19-11-4-12-20-25;2*17-16-18-14(12-7-3-1-4-8-12)11-15(19-16)13-9-5-2-6-10-13;2*1-4(2)3-5;;;;;2*2-1(3,4)5/h2*1-20H,21H2;2*1-11H,(H-,17,18,19);2*3H,1-2H3;;;;;2*(H,2,3,4,5)/q;;2*-1;;;4*+1;;/p+2. The molecule has 0 saturated carbocycles. The first-order chi connectivity index (χ1) is 54.0. The summed E-state index contributed by atoms with van der Waals surface area (Å²) in [4.78, 5) is 38.5. The van der Waals surface area contributed by atoms with E-state index in [1.54, 1.807) is 28.2 Å². The Hall–Kier alpha value is -7.72. The quantitative estimate of drug-likeness (QED) is 0.0444. The monoisotopic (exact) mass is 2040 g/mol. The Bertz CT molecular complexity index is 4170. The maximum Gasteiger partial charge on any atom is 1.00 e. The Kier molecular flexibility index (Phi) is 50.0. The fraction of sp³-hybridized carbons (Fsp3) is 0.0682. The van der Waals surface area contributed by atoms with E-state index in [1.165, 1.54) is 64.0 Å². The average molecular weight is 2040 g/mol. The van der Waals surface area contributed by atoms with Crippen LogP contribution in [0.4, 0.5) is 11.9 Å². The van der Waals surface area contributed by atoms with E-state index >= 15 is 0 Å². The fourth-order valence-corrected chi connectivity index (χ4v) is 26.3. The Morgan fingerprint density at radius 1 is 0.259 bits per heavy atom. The van der Waals surface area contributed by atoms with Gasteiger partial charge in [0.15, 0.2) is 11.8 Å². The number of carbonyl (C=O) groups excluding carboxylic acids is 2. The average Bonchev–Trinajstić information content (AvgIpc) is 0.795. The van der Waals surface area contributed by atoms with E-state index in [-0.39, 0.29) is 101 Å². The summed E-state index contributed by atoms with van der Waals surface area (Å²) < 4.78 is 67.9. The molecule has 2 aromatic heterocycles. The molecule has 28 heteroatoms. The summed E-state index contributed by atoms with van der Waals surface area (Å²) >= 11 is 0. The largest absolute Gasteiger partial charge is 1.00 e. The van der Waals surface area contributed by atoms with Gasteiger partial charge in [-0.05, 0) is 131 Å². The smallest absolute Gasteiger partial charge is 0.410 e. The van der Waals surface area contributed by atoms with Gasteiger partial charge < -0.3 is 41.2 Å². The van der Waals surface area contributed by atoms with E-state index in [0.717, 1.165) is 57.8 Å². The van der Waals surface area contributed by atoms with Crippen LogP contribution in [0.3, 0.4) is 0 Å². The first kappa shape index (κ1) is 102. The van der Waals surface area contributed by atoms with E-state index in [0.29, 0.717) is 0 Å². The van der Waals surface area contributed by atoms with Crippen molar-refractivity contribution in [1.82, 2.24) is 29.7 Å². The van der Waals surface area contributed by atoms with Crippen molar-refractivity contribution < 1.29 is 157 Å². The second-order valence-electron chi connectivity index (χ2n) is 24.5. The van der Waals surface area contributed by atoms with Crippen LogP contribution in [0.2, 0.25) is 0 Å². The van der Waals surface area contributed by atoms with Gasteiger partial charge in [-0.2, -0.15) is 0 Å². The molecular weight excluding hydrogens is 1960 g/mol. The van der Waals surface area contributed by atoms with Crippen LogP contribution in [0.1, 0.15) is 0 Å². The van der Waals surface area contributed by atoms with Crippen LogP contribution in [0, 0.1) is 20.5 Å². The van der Waals surface area contributed by atoms with Gasteiger partial charge in [-0.25, -0.2) is 37.3 Å². The molecule has 0 aliphatic heterocycles. The Morgan fingerprint density at radius 2 is 0.371 bits per heavy atom. The first-order valence-corrected chi connectivity index (χ1v) is 44.1. The zero-order chi connectivity index (χ0) is 80.4. The molecule has 0 fully saturated rings. The Labute approximate surface area is 750 Å². The van der Waals surface area contributed by atoms with Crippen molar-refractivity contribution in [2.24, 2.45) is 0 Å². The maximum absolute atomic E-state index is 9.43. The van der Waals surface area contributed by atoms with Crippen LogP contribution in [0.5, 0.6) is 0 Å². The van der Waals surface area contributed by atoms with Crippen molar-refractivity contribution in [3.8, 4) is 45.0 Å². The van der Waals surface area contributed by atoms with Gasteiger partial charge in [-0.1, -0.05) is 267 Å². The molecular formula is C88H86Ag4Cl2N8O10P4+4. The molecule has 12 aromatic carbocycles. The van der Waals surface area contributed by atoms with Crippen molar-refractivity contribution >= 4 is 98.8 Å². The number of carbonyl (C=O) groups is 2. The Morgan fingerprint density at radius 3 is 0.483 bits per heavy atom.